The molecule has 1 unspecified atom stereocenters. The molecule has 2 rings (SSSR count). The summed E-state index contributed by atoms with van der Waals surface area (Å²) in [6.07, 6.45) is -0.235. The molecule has 1 heterocycles. The van der Waals surface area contributed by atoms with Gasteiger partial charge in [0.1, 0.15) is 6.04 Å². The molecule has 5 nitrogen and oxygen atoms in total. The summed E-state index contributed by atoms with van der Waals surface area (Å²) in [6, 6.07) is 8.46. The van der Waals surface area contributed by atoms with Gasteiger partial charge in [-0.05, 0) is 5.56 Å². The zero-order valence-corrected chi connectivity index (χ0v) is 9.20. The van der Waals surface area contributed by atoms with Crippen molar-refractivity contribution in [2.24, 2.45) is 0 Å². The van der Waals surface area contributed by atoms with Crippen LogP contribution in [0.4, 0.5) is 4.79 Å². The third-order valence-electron chi connectivity index (χ3n) is 2.71. The summed E-state index contributed by atoms with van der Waals surface area (Å²) in [5, 5.41) is 9.06. The van der Waals surface area contributed by atoms with Crippen molar-refractivity contribution in [3.63, 3.8) is 0 Å². The van der Waals surface area contributed by atoms with Gasteiger partial charge in [-0.25, -0.2) is 9.59 Å². The zero-order valence-electron chi connectivity index (χ0n) is 9.20. The lowest BCUT2D eigenvalue weighted by Crippen LogP contribution is -2.49. The topological polar surface area (TPSA) is 66.8 Å². The number of carboxylic acid groups (broad SMARTS) is 1. The Labute approximate surface area is 98.6 Å². The third kappa shape index (κ3) is 2.55. The molecule has 0 spiro atoms. The van der Waals surface area contributed by atoms with E-state index >= 15 is 0 Å². The third-order valence-corrected chi connectivity index (χ3v) is 2.71. The van der Waals surface area contributed by atoms with Crippen molar-refractivity contribution in [2.75, 3.05) is 6.61 Å². The number of carbonyl (C=O) groups excluding carboxylic acids is 1. The van der Waals surface area contributed by atoms with Crippen LogP contribution in [-0.4, -0.2) is 34.7 Å². The van der Waals surface area contributed by atoms with Crippen molar-refractivity contribution in [1.82, 2.24) is 4.90 Å². The van der Waals surface area contributed by atoms with Gasteiger partial charge in [-0.2, -0.15) is 0 Å². The number of hydrogen-bond donors (Lipinski definition) is 1. The van der Waals surface area contributed by atoms with Crippen LogP contribution in [0.25, 0.3) is 0 Å². The predicted molar refractivity (Wildman–Crippen MR) is 59.4 cm³/mol. The molecule has 1 aromatic rings. The van der Waals surface area contributed by atoms with Crippen molar-refractivity contribution in [1.29, 1.82) is 0 Å². The predicted octanol–water partition coefficient (Wildman–Crippen LogP) is 1.48. The SMILES string of the molecule is O=C(O)C1CCOC(=O)N1Cc1ccccc1. The summed E-state index contributed by atoms with van der Waals surface area (Å²) in [5.74, 6) is -0.988. The van der Waals surface area contributed by atoms with E-state index in [1.807, 2.05) is 30.3 Å². The summed E-state index contributed by atoms with van der Waals surface area (Å²) in [7, 11) is 0. The quantitative estimate of drug-likeness (QED) is 0.861. The fourth-order valence-corrected chi connectivity index (χ4v) is 1.84. The van der Waals surface area contributed by atoms with Crippen LogP contribution in [0.2, 0.25) is 0 Å². The maximum absolute atomic E-state index is 11.6. The van der Waals surface area contributed by atoms with Crippen LogP contribution < -0.4 is 0 Å². The Morgan fingerprint density at radius 3 is 2.76 bits per heavy atom. The second-order valence-corrected chi connectivity index (χ2v) is 3.87. The highest BCUT2D eigenvalue weighted by Gasteiger charge is 2.34. The van der Waals surface area contributed by atoms with Crippen LogP contribution in [0.15, 0.2) is 30.3 Å². The molecule has 1 N–H and O–H groups in total. The Balaban J connectivity index is 2.15. The van der Waals surface area contributed by atoms with Crippen LogP contribution in [0, 0.1) is 0 Å². The Morgan fingerprint density at radius 1 is 1.41 bits per heavy atom. The molecule has 1 aromatic carbocycles. The number of ether oxygens (including phenoxy) is 1. The van der Waals surface area contributed by atoms with Crippen molar-refractivity contribution >= 4 is 12.1 Å². The van der Waals surface area contributed by atoms with Gasteiger partial charge < -0.3 is 9.84 Å². The number of carbonyl (C=O) groups is 2. The first-order valence-electron chi connectivity index (χ1n) is 5.38. The highest BCUT2D eigenvalue weighted by Crippen LogP contribution is 2.17. The fourth-order valence-electron chi connectivity index (χ4n) is 1.84. The molecule has 0 saturated carbocycles. The van der Waals surface area contributed by atoms with Gasteiger partial charge in [-0.15, -0.1) is 0 Å². The van der Waals surface area contributed by atoms with E-state index in [9.17, 15) is 9.59 Å². The molecule has 1 amide bonds. The maximum atomic E-state index is 11.6. The van der Waals surface area contributed by atoms with Gasteiger partial charge in [0.05, 0.1) is 6.61 Å². The highest BCUT2D eigenvalue weighted by molar-refractivity contribution is 5.81. The van der Waals surface area contributed by atoms with Crippen LogP contribution >= 0.6 is 0 Å². The van der Waals surface area contributed by atoms with Crippen LogP contribution in [0.5, 0.6) is 0 Å². The van der Waals surface area contributed by atoms with Crippen LogP contribution in [-0.2, 0) is 16.1 Å². The molecule has 5 heteroatoms. The maximum Gasteiger partial charge on any atom is 0.410 e. The van der Waals surface area contributed by atoms with E-state index in [0.717, 1.165) is 5.56 Å². The summed E-state index contributed by atoms with van der Waals surface area (Å²) in [6.45, 7) is 0.428. The summed E-state index contributed by atoms with van der Waals surface area (Å²) in [4.78, 5) is 23.9. The van der Waals surface area contributed by atoms with Crippen LogP contribution in [0.3, 0.4) is 0 Å². The first-order chi connectivity index (χ1) is 8.18. The van der Waals surface area contributed by atoms with E-state index in [1.165, 1.54) is 4.90 Å². The number of cyclic esters (lactones) is 1. The smallest absolute Gasteiger partial charge is 0.410 e. The molecule has 1 saturated heterocycles. The van der Waals surface area contributed by atoms with E-state index in [0.29, 0.717) is 6.42 Å². The highest BCUT2D eigenvalue weighted by atomic mass is 16.6. The normalized spacial score (nSPS) is 19.9. The van der Waals surface area contributed by atoms with Gasteiger partial charge in [-0.3, -0.25) is 4.90 Å². The molecule has 17 heavy (non-hydrogen) atoms. The Hall–Kier alpha value is -2.04. The van der Waals surface area contributed by atoms with Gasteiger partial charge in [0, 0.05) is 13.0 Å². The fraction of sp³-hybridized carbons (Fsp3) is 0.333. The number of amides is 1. The van der Waals surface area contributed by atoms with E-state index in [1.54, 1.807) is 0 Å². The number of aliphatic carboxylic acids is 1. The van der Waals surface area contributed by atoms with Gasteiger partial charge in [-0.1, -0.05) is 30.3 Å². The lowest BCUT2D eigenvalue weighted by Gasteiger charge is -2.32. The van der Waals surface area contributed by atoms with E-state index in [2.05, 4.69) is 0 Å². The lowest BCUT2D eigenvalue weighted by molar-refractivity contribution is -0.145. The van der Waals surface area contributed by atoms with Gasteiger partial charge in [0.15, 0.2) is 0 Å². The van der Waals surface area contributed by atoms with Gasteiger partial charge in [0.25, 0.3) is 0 Å². The minimum Gasteiger partial charge on any atom is -0.480 e. The minimum absolute atomic E-state index is 0.168. The number of carboxylic acids is 1. The number of rotatable bonds is 3. The van der Waals surface area contributed by atoms with Crippen molar-refractivity contribution in [2.45, 2.75) is 19.0 Å². The first kappa shape index (κ1) is 11.4. The molecule has 0 radical (unpaired) electrons. The molecule has 0 aliphatic carbocycles. The van der Waals surface area contributed by atoms with Crippen molar-refractivity contribution in [3.8, 4) is 0 Å². The molecule has 0 bridgehead atoms. The monoisotopic (exact) mass is 235 g/mol. The van der Waals surface area contributed by atoms with Gasteiger partial charge >= 0.3 is 12.1 Å². The Morgan fingerprint density at radius 2 is 2.12 bits per heavy atom. The molecule has 0 aromatic heterocycles. The molecular weight excluding hydrogens is 222 g/mol. The second-order valence-electron chi connectivity index (χ2n) is 3.87. The largest absolute Gasteiger partial charge is 0.480 e. The van der Waals surface area contributed by atoms with Crippen molar-refractivity contribution in [3.05, 3.63) is 35.9 Å². The Bertz CT molecular complexity index is 418. The molecule has 1 fully saturated rings. The Kier molecular flexibility index (Phi) is 3.27. The molecular formula is C12H13NO4. The van der Waals surface area contributed by atoms with E-state index in [-0.39, 0.29) is 13.2 Å². The summed E-state index contributed by atoms with van der Waals surface area (Å²) < 4.78 is 4.87. The average Bonchev–Trinajstić information content (AvgIpc) is 2.33. The first-order valence-corrected chi connectivity index (χ1v) is 5.38. The number of nitrogens with zero attached hydrogens (tertiary/aromatic N) is 1. The zero-order chi connectivity index (χ0) is 12.3. The molecule has 1 atom stereocenters. The number of hydrogen-bond acceptors (Lipinski definition) is 3. The average molecular weight is 235 g/mol. The molecule has 1 aliphatic heterocycles. The standard InChI is InChI=1S/C12H13NO4/c14-11(15)10-6-7-17-12(16)13(10)8-9-4-2-1-3-5-9/h1-5,10H,6-8H2,(H,14,15). The minimum atomic E-state index is -0.988. The summed E-state index contributed by atoms with van der Waals surface area (Å²) in [5.41, 5.74) is 0.887. The summed E-state index contributed by atoms with van der Waals surface area (Å²) >= 11 is 0. The van der Waals surface area contributed by atoms with Crippen LogP contribution in [0.1, 0.15) is 12.0 Å². The number of benzene rings is 1. The van der Waals surface area contributed by atoms with E-state index < -0.39 is 18.1 Å². The van der Waals surface area contributed by atoms with E-state index in [4.69, 9.17) is 9.84 Å². The molecule has 90 valence electrons. The van der Waals surface area contributed by atoms with Crippen molar-refractivity contribution < 1.29 is 19.4 Å². The second kappa shape index (κ2) is 4.86. The van der Waals surface area contributed by atoms with Gasteiger partial charge in [0.2, 0.25) is 0 Å². The lowest BCUT2D eigenvalue weighted by atomic mass is 10.1. The molecule has 1 aliphatic rings.